The highest BCUT2D eigenvalue weighted by Crippen LogP contribution is 2.30. The van der Waals surface area contributed by atoms with Gasteiger partial charge in [-0.05, 0) is 109 Å². The van der Waals surface area contributed by atoms with Crippen LogP contribution in [0.15, 0.2) is 48.0 Å². The van der Waals surface area contributed by atoms with E-state index in [9.17, 15) is 14.4 Å². The first-order chi connectivity index (χ1) is 15.6. The fraction of sp³-hybridized carbons (Fsp3) is 0.160. The van der Waals surface area contributed by atoms with Crippen molar-refractivity contribution in [3.63, 3.8) is 0 Å². The van der Waals surface area contributed by atoms with Crippen molar-refractivity contribution in [3.8, 4) is 5.69 Å². The Balaban J connectivity index is 1.79. The zero-order valence-corrected chi connectivity index (χ0v) is 21.4. The summed E-state index contributed by atoms with van der Waals surface area (Å²) in [5, 5.41) is 2.69. The first-order valence-corrected chi connectivity index (χ1v) is 11.7. The third-order valence-electron chi connectivity index (χ3n) is 5.75. The van der Waals surface area contributed by atoms with Crippen LogP contribution in [-0.4, -0.2) is 22.4 Å². The quantitative estimate of drug-likeness (QED) is 0.251. The number of halogens is 2. The molecule has 0 aliphatic carbocycles. The Morgan fingerprint density at radius 3 is 2.42 bits per heavy atom. The SMILES string of the molecule is Cc1cc(-n2c(C)cc(/C=C3/C(=O)NC(=O)N(c4cccc(Cl)c4C)C3=O)c2C)ccc1I. The third kappa shape index (κ3) is 4.11. The monoisotopic (exact) mass is 573 g/mol. The van der Waals surface area contributed by atoms with Crippen LogP contribution in [0.1, 0.15) is 28.1 Å². The van der Waals surface area contributed by atoms with E-state index >= 15 is 0 Å². The van der Waals surface area contributed by atoms with E-state index < -0.39 is 17.8 Å². The van der Waals surface area contributed by atoms with Crippen LogP contribution < -0.4 is 10.2 Å². The average molecular weight is 574 g/mol. The van der Waals surface area contributed by atoms with Crippen molar-refractivity contribution in [1.82, 2.24) is 9.88 Å². The van der Waals surface area contributed by atoms with E-state index in [1.54, 1.807) is 25.1 Å². The standard InChI is InChI=1S/C25H21ClIN3O3/c1-13-10-18(8-9-21(13)27)29-14(2)11-17(16(29)4)12-19-23(31)28-25(33)30(24(19)32)22-7-5-6-20(26)15(22)3/h5-12H,1-4H3,(H,28,31,33)/b19-12-. The van der Waals surface area contributed by atoms with Crippen LogP contribution in [0.4, 0.5) is 10.5 Å². The number of nitrogens with one attached hydrogen (secondary N) is 1. The molecule has 2 aromatic carbocycles. The molecule has 1 aromatic heterocycles. The van der Waals surface area contributed by atoms with Gasteiger partial charge in [-0.1, -0.05) is 17.7 Å². The first kappa shape index (κ1) is 23.3. The summed E-state index contributed by atoms with van der Waals surface area (Å²) in [6.07, 6.45) is 1.54. The lowest BCUT2D eigenvalue weighted by Gasteiger charge is -2.27. The van der Waals surface area contributed by atoms with Gasteiger partial charge in [0.1, 0.15) is 5.57 Å². The predicted molar refractivity (Wildman–Crippen MR) is 138 cm³/mol. The molecule has 1 fully saturated rings. The van der Waals surface area contributed by atoms with Crippen LogP contribution in [0.25, 0.3) is 11.8 Å². The molecule has 0 spiro atoms. The number of amides is 4. The van der Waals surface area contributed by atoms with Crippen molar-refractivity contribution in [2.75, 3.05) is 4.90 Å². The molecule has 4 rings (SSSR count). The molecular weight excluding hydrogens is 553 g/mol. The number of carbonyl (C=O) groups is 3. The van der Waals surface area contributed by atoms with Gasteiger partial charge in [0, 0.05) is 25.7 Å². The average Bonchev–Trinajstić information content (AvgIpc) is 3.03. The molecule has 3 aromatic rings. The lowest BCUT2D eigenvalue weighted by atomic mass is 10.1. The van der Waals surface area contributed by atoms with Crippen molar-refractivity contribution in [3.05, 3.63) is 84.7 Å². The van der Waals surface area contributed by atoms with Crippen LogP contribution in [0.2, 0.25) is 5.02 Å². The minimum Gasteiger partial charge on any atom is -0.318 e. The number of hydrogen-bond donors (Lipinski definition) is 1. The number of aryl methyl sites for hydroxylation is 2. The topological polar surface area (TPSA) is 71.4 Å². The molecule has 0 radical (unpaired) electrons. The Kier molecular flexibility index (Phi) is 6.20. The molecule has 0 bridgehead atoms. The number of nitrogens with zero attached hydrogens (tertiary/aromatic N) is 2. The zero-order valence-electron chi connectivity index (χ0n) is 18.5. The Morgan fingerprint density at radius 1 is 1.00 bits per heavy atom. The van der Waals surface area contributed by atoms with Crippen LogP contribution in [0, 0.1) is 31.3 Å². The van der Waals surface area contributed by atoms with Gasteiger partial charge in [-0.2, -0.15) is 0 Å². The summed E-state index contributed by atoms with van der Waals surface area (Å²) in [5.41, 5.74) is 5.51. The van der Waals surface area contributed by atoms with Gasteiger partial charge in [0.15, 0.2) is 0 Å². The molecule has 8 heteroatoms. The van der Waals surface area contributed by atoms with Gasteiger partial charge in [0.05, 0.1) is 5.69 Å². The van der Waals surface area contributed by atoms with Gasteiger partial charge in [-0.3, -0.25) is 14.9 Å². The van der Waals surface area contributed by atoms with E-state index in [4.69, 9.17) is 11.6 Å². The summed E-state index contributed by atoms with van der Waals surface area (Å²) in [4.78, 5) is 39.4. The molecular formula is C25H21ClIN3O3. The van der Waals surface area contributed by atoms with Gasteiger partial charge < -0.3 is 4.57 Å². The third-order valence-corrected chi connectivity index (χ3v) is 7.37. The minimum absolute atomic E-state index is 0.118. The number of barbiturate groups is 1. The smallest absolute Gasteiger partial charge is 0.318 e. The summed E-state index contributed by atoms with van der Waals surface area (Å²) in [5.74, 6) is -1.42. The van der Waals surface area contributed by atoms with E-state index in [1.165, 1.54) is 9.65 Å². The summed E-state index contributed by atoms with van der Waals surface area (Å²) >= 11 is 8.48. The van der Waals surface area contributed by atoms with E-state index in [1.807, 2.05) is 26.0 Å². The van der Waals surface area contributed by atoms with Crippen LogP contribution in [0.5, 0.6) is 0 Å². The van der Waals surface area contributed by atoms with Crippen LogP contribution >= 0.6 is 34.2 Å². The Hall–Kier alpha value is -2.91. The molecule has 0 saturated carbocycles. The van der Waals surface area contributed by atoms with Crippen LogP contribution in [-0.2, 0) is 9.59 Å². The first-order valence-electron chi connectivity index (χ1n) is 10.2. The maximum absolute atomic E-state index is 13.3. The number of aromatic nitrogens is 1. The highest BCUT2D eigenvalue weighted by molar-refractivity contribution is 14.1. The van der Waals surface area contributed by atoms with Crippen molar-refractivity contribution in [1.29, 1.82) is 0 Å². The van der Waals surface area contributed by atoms with Gasteiger partial charge in [0.2, 0.25) is 0 Å². The maximum Gasteiger partial charge on any atom is 0.335 e. The zero-order chi connectivity index (χ0) is 24.0. The lowest BCUT2D eigenvalue weighted by Crippen LogP contribution is -2.54. The summed E-state index contributed by atoms with van der Waals surface area (Å²) in [6, 6.07) is 12.3. The summed E-state index contributed by atoms with van der Waals surface area (Å²) in [7, 11) is 0. The van der Waals surface area contributed by atoms with Crippen LogP contribution in [0.3, 0.4) is 0 Å². The van der Waals surface area contributed by atoms with Gasteiger partial charge in [-0.15, -0.1) is 0 Å². The molecule has 33 heavy (non-hydrogen) atoms. The predicted octanol–water partition coefficient (Wildman–Crippen LogP) is 5.64. The molecule has 4 amide bonds. The molecule has 2 heterocycles. The van der Waals surface area contributed by atoms with Crippen molar-refractivity contribution in [2.24, 2.45) is 0 Å². The number of urea groups is 1. The molecule has 0 unspecified atom stereocenters. The largest absolute Gasteiger partial charge is 0.335 e. The van der Waals surface area contributed by atoms with E-state index in [0.717, 1.165) is 33.1 Å². The highest BCUT2D eigenvalue weighted by Gasteiger charge is 2.37. The molecule has 1 N–H and O–H groups in total. The Labute approximate surface area is 210 Å². The molecule has 168 valence electrons. The van der Waals surface area contributed by atoms with Gasteiger partial charge >= 0.3 is 6.03 Å². The number of carbonyl (C=O) groups excluding carboxylic acids is 3. The summed E-state index contributed by atoms with van der Waals surface area (Å²) < 4.78 is 3.25. The molecule has 1 saturated heterocycles. The second kappa shape index (κ2) is 8.79. The number of hydrogen-bond acceptors (Lipinski definition) is 3. The van der Waals surface area contributed by atoms with Gasteiger partial charge in [-0.25, -0.2) is 9.69 Å². The molecule has 1 aliphatic rings. The van der Waals surface area contributed by atoms with E-state index in [-0.39, 0.29) is 5.57 Å². The van der Waals surface area contributed by atoms with Crippen molar-refractivity contribution >= 4 is 63.8 Å². The Bertz CT molecular complexity index is 1370. The van der Waals surface area contributed by atoms with Crippen molar-refractivity contribution in [2.45, 2.75) is 27.7 Å². The number of rotatable bonds is 3. The van der Waals surface area contributed by atoms with Gasteiger partial charge in [0.25, 0.3) is 11.8 Å². The van der Waals surface area contributed by atoms with Crippen molar-refractivity contribution < 1.29 is 14.4 Å². The van der Waals surface area contributed by atoms with E-state index in [2.05, 4.69) is 51.5 Å². The fourth-order valence-electron chi connectivity index (χ4n) is 3.97. The second-order valence-corrected chi connectivity index (χ2v) is 9.51. The molecule has 1 aliphatic heterocycles. The Morgan fingerprint density at radius 2 is 1.73 bits per heavy atom. The normalized spacial score (nSPS) is 15.4. The fourth-order valence-corrected chi connectivity index (χ4v) is 4.47. The number of benzene rings is 2. The maximum atomic E-state index is 13.3. The number of anilines is 1. The highest BCUT2D eigenvalue weighted by atomic mass is 127. The minimum atomic E-state index is -0.799. The summed E-state index contributed by atoms with van der Waals surface area (Å²) in [6.45, 7) is 7.67. The number of imide groups is 2. The molecule has 6 nitrogen and oxygen atoms in total. The molecule has 0 atom stereocenters. The second-order valence-electron chi connectivity index (χ2n) is 7.94. The lowest BCUT2D eigenvalue weighted by molar-refractivity contribution is -0.122. The van der Waals surface area contributed by atoms with E-state index in [0.29, 0.717) is 16.3 Å².